The number of nitrogens with zero attached hydrogens (tertiary/aromatic N) is 1. The van der Waals surface area contributed by atoms with Gasteiger partial charge in [0, 0.05) is 6.04 Å². The SMILES string of the molecule is CN(C)CCCCNC1CCCC(C2CC2)C1. The van der Waals surface area contributed by atoms with Crippen LogP contribution in [-0.4, -0.2) is 38.1 Å². The van der Waals surface area contributed by atoms with Crippen LogP contribution in [0.1, 0.15) is 51.4 Å². The highest BCUT2D eigenvalue weighted by Crippen LogP contribution is 2.43. The summed E-state index contributed by atoms with van der Waals surface area (Å²) in [5.74, 6) is 2.19. The molecule has 2 aliphatic rings. The Balaban J connectivity index is 1.52. The van der Waals surface area contributed by atoms with Gasteiger partial charge in [0.2, 0.25) is 0 Å². The average Bonchev–Trinajstić information content (AvgIpc) is 3.12. The van der Waals surface area contributed by atoms with Gasteiger partial charge in [-0.3, -0.25) is 0 Å². The van der Waals surface area contributed by atoms with Gasteiger partial charge in [-0.2, -0.15) is 0 Å². The molecule has 2 heteroatoms. The molecule has 2 fully saturated rings. The third kappa shape index (κ3) is 4.97. The molecule has 2 atom stereocenters. The predicted octanol–water partition coefficient (Wildman–Crippen LogP) is 2.89. The second-order valence-electron chi connectivity index (χ2n) is 6.43. The molecule has 0 heterocycles. The zero-order valence-corrected chi connectivity index (χ0v) is 11.8. The number of hydrogen-bond donors (Lipinski definition) is 1. The first kappa shape index (κ1) is 13.4. The molecule has 0 aromatic rings. The molecule has 2 rings (SSSR count). The Labute approximate surface area is 107 Å². The molecule has 100 valence electrons. The van der Waals surface area contributed by atoms with E-state index in [-0.39, 0.29) is 0 Å². The predicted molar refractivity (Wildman–Crippen MR) is 74.3 cm³/mol. The molecule has 2 saturated carbocycles. The van der Waals surface area contributed by atoms with Gasteiger partial charge in [-0.1, -0.05) is 12.8 Å². The van der Waals surface area contributed by atoms with Crippen LogP contribution in [0.4, 0.5) is 0 Å². The number of unbranched alkanes of at least 4 members (excludes halogenated alkanes) is 1. The van der Waals surface area contributed by atoms with Crippen molar-refractivity contribution in [3.63, 3.8) is 0 Å². The maximum absolute atomic E-state index is 3.79. The van der Waals surface area contributed by atoms with E-state index in [2.05, 4.69) is 24.3 Å². The van der Waals surface area contributed by atoms with Gasteiger partial charge in [0.1, 0.15) is 0 Å². The fourth-order valence-corrected chi connectivity index (χ4v) is 3.27. The Morgan fingerprint density at radius 1 is 1.00 bits per heavy atom. The summed E-state index contributed by atoms with van der Waals surface area (Å²) in [5.41, 5.74) is 0. The van der Waals surface area contributed by atoms with E-state index >= 15 is 0 Å². The first-order chi connectivity index (χ1) is 8.25. The number of rotatable bonds is 7. The summed E-state index contributed by atoms with van der Waals surface area (Å²) in [6.45, 7) is 2.47. The quantitative estimate of drug-likeness (QED) is 0.686. The van der Waals surface area contributed by atoms with Crippen LogP contribution in [0.25, 0.3) is 0 Å². The van der Waals surface area contributed by atoms with E-state index in [9.17, 15) is 0 Å². The van der Waals surface area contributed by atoms with Gasteiger partial charge in [0.25, 0.3) is 0 Å². The third-order valence-electron chi connectivity index (χ3n) is 4.47. The van der Waals surface area contributed by atoms with Crippen molar-refractivity contribution in [2.24, 2.45) is 11.8 Å². The van der Waals surface area contributed by atoms with Crippen LogP contribution < -0.4 is 5.32 Å². The van der Waals surface area contributed by atoms with Crippen molar-refractivity contribution < 1.29 is 0 Å². The van der Waals surface area contributed by atoms with Gasteiger partial charge in [-0.25, -0.2) is 0 Å². The lowest BCUT2D eigenvalue weighted by atomic mass is 9.82. The lowest BCUT2D eigenvalue weighted by Gasteiger charge is -2.30. The zero-order chi connectivity index (χ0) is 12.1. The Hall–Kier alpha value is -0.0800. The van der Waals surface area contributed by atoms with Crippen LogP contribution in [0.3, 0.4) is 0 Å². The highest BCUT2D eigenvalue weighted by molar-refractivity contribution is 4.87. The Bertz CT molecular complexity index is 211. The van der Waals surface area contributed by atoms with Crippen LogP contribution in [0.15, 0.2) is 0 Å². The first-order valence-corrected chi connectivity index (χ1v) is 7.64. The van der Waals surface area contributed by atoms with Gasteiger partial charge >= 0.3 is 0 Å². The average molecular weight is 238 g/mol. The highest BCUT2D eigenvalue weighted by Gasteiger charge is 2.34. The molecule has 0 amide bonds. The molecule has 0 aliphatic heterocycles. The summed E-state index contributed by atoms with van der Waals surface area (Å²) < 4.78 is 0. The molecular weight excluding hydrogens is 208 g/mol. The van der Waals surface area contributed by atoms with Crippen LogP contribution in [0.2, 0.25) is 0 Å². The summed E-state index contributed by atoms with van der Waals surface area (Å²) >= 11 is 0. The summed E-state index contributed by atoms with van der Waals surface area (Å²) in [6.07, 6.45) is 11.6. The molecule has 0 spiro atoms. The second-order valence-corrected chi connectivity index (χ2v) is 6.43. The Kier molecular flexibility index (Phi) is 5.30. The Morgan fingerprint density at radius 3 is 2.53 bits per heavy atom. The van der Waals surface area contributed by atoms with Gasteiger partial charge < -0.3 is 10.2 Å². The standard InChI is InChI=1S/C15H30N2/c1-17(2)11-4-3-10-16-15-7-5-6-14(12-15)13-8-9-13/h13-16H,3-12H2,1-2H3. The maximum Gasteiger partial charge on any atom is 0.00698 e. The smallest absolute Gasteiger partial charge is 0.00698 e. The lowest BCUT2D eigenvalue weighted by Crippen LogP contribution is -2.35. The molecule has 0 bridgehead atoms. The normalized spacial score (nSPS) is 29.8. The van der Waals surface area contributed by atoms with Crippen LogP contribution in [-0.2, 0) is 0 Å². The maximum atomic E-state index is 3.79. The van der Waals surface area contributed by atoms with E-state index in [1.165, 1.54) is 64.5 Å². The molecule has 0 aromatic heterocycles. The summed E-state index contributed by atoms with van der Waals surface area (Å²) in [4.78, 5) is 2.28. The molecule has 0 aromatic carbocycles. The van der Waals surface area contributed by atoms with E-state index in [1.54, 1.807) is 0 Å². The minimum Gasteiger partial charge on any atom is -0.314 e. The zero-order valence-electron chi connectivity index (χ0n) is 11.8. The number of nitrogens with one attached hydrogen (secondary N) is 1. The van der Waals surface area contributed by atoms with Crippen molar-refractivity contribution in [1.29, 1.82) is 0 Å². The van der Waals surface area contributed by atoms with E-state index < -0.39 is 0 Å². The second kappa shape index (κ2) is 6.75. The van der Waals surface area contributed by atoms with Gasteiger partial charge in [0.15, 0.2) is 0 Å². The third-order valence-corrected chi connectivity index (χ3v) is 4.47. The van der Waals surface area contributed by atoms with E-state index in [0.717, 1.165) is 17.9 Å². The van der Waals surface area contributed by atoms with Crippen molar-refractivity contribution in [2.45, 2.75) is 57.4 Å². The van der Waals surface area contributed by atoms with Crippen LogP contribution in [0.5, 0.6) is 0 Å². The van der Waals surface area contributed by atoms with Gasteiger partial charge in [-0.05, 0) is 77.5 Å². The molecule has 0 saturated heterocycles. The van der Waals surface area contributed by atoms with Gasteiger partial charge in [0.05, 0.1) is 0 Å². The van der Waals surface area contributed by atoms with Crippen molar-refractivity contribution in [3.8, 4) is 0 Å². The highest BCUT2D eigenvalue weighted by atomic mass is 15.0. The molecule has 0 radical (unpaired) electrons. The molecule has 1 N–H and O–H groups in total. The van der Waals surface area contributed by atoms with Crippen molar-refractivity contribution in [2.75, 3.05) is 27.2 Å². The molecule has 17 heavy (non-hydrogen) atoms. The topological polar surface area (TPSA) is 15.3 Å². The van der Waals surface area contributed by atoms with E-state index in [0.29, 0.717) is 0 Å². The van der Waals surface area contributed by atoms with Crippen LogP contribution in [0, 0.1) is 11.8 Å². The Morgan fingerprint density at radius 2 is 1.82 bits per heavy atom. The van der Waals surface area contributed by atoms with E-state index in [1.807, 2.05) is 0 Å². The van der Waals surface area contributed by atoms with E-state index in [4.69, 9.17) is 0 Å². The minimum absolute atomic E-state index is 0.841. The van der Waals surface area contributed by atoms with Crippen molar-refractivity contribution >= 4 is 0 Å². The minimum atomic E-state index is 0.841. The number of hydrogen-bond acceptors (Lipinski definition) is 2. The summed E-state index contributed by atoms with van der Waals surface area (Å²) in [6, 6.07) is 0.841. The molecule has 2 aliphatic carbocycles. The van der Waals surface area contributed by atoms with Crippen LogP contribution >= 0.6 is 0 Å². The molecule has 2 nitrogen and oxygen atoms in total. The van der Waals surface area contributed by atoms with Gasteiger partial charge in [-0.15, -0.1) is 0 Å². The lowest BCUT2D eigenvalue weighted by molar-refractivity contribution is 0.259. The first-order valence-electron chi connectivity index (χ1n) is 7.64. The fourth-order valence-electron chi connectivity index (χ4n) is 3.27. The monoisotopic (exact) mass is 238 g/mol. The largest absolute Gasteiger partial charge is 0.314 e. The molecule has 2 unspecified atom stereocenters. The summed E-state index contributed by atoms with van der Waals surface area (Å²) in [7, 11) is 4.32. The molecular formula is C15H30N2. The van der Waals surface area contributed by atoms with Crippen molar-refractivity contribution in [3.05, 3.63) is 0 Å². The van der Waals surface area contributed by atoms with Crippen molar-refractivity contribution in [1.82, 2.24) is 10.2 Å². The summed E-state index contributed by atoms with van der Waals surface area (Å²) in [5, 5.41) is 3.79. The fraction of sp³-hybridized carbons (Fsp3) is 1.00.